The van der Waals surface area contributed by atoms with Crippen LogP contribution in [0, 0.1) is 0 Å². The normalized spacial score (nSPS) is 10.9. The average Bonchev–Trinajstić information content (AvgIpc) is 2.77. The first-order chi connectivity index (χ1) is 7.24. The van der Waals surface area contributed by atoms with Crippen LogP contribution in [-0.2, 0) is 13.6 Å². The molecule has 2 aromatic rings. The average molecular weight is 269 g/mol. The van der Waals surface area contributed by atoms with Gasteiger partial charge >= 0.3 is 0 Å². The van der Waals surface area contributed by atoms with E-state index in [9.17, 15) is 0 Å². The Morgan fingerprint density at radius 3 is 3.00 bits per heavy atom. The molecule has 0 spiro atoms. The molecule has 0 aliphatic rings. The molecule has 2 heterocycles. The molecule has 0 aromatic carbocycles. The van der Waals surface area contributed by atoms with E-state index in [1.165, 1.54) is 0 Å². The topological polar surface area (TPSA) is 45.6 Å². The Morgan fingerprint density at radius 1 is 1.60 bits per heavy atom. The molecule has 80 valence electrons. The summed E-state index contributed by atoms with van der Waals surface area (Å²) in [4.78, 5) is 7.63. The van der Waals surface area contributed by atoms with Crippen molar-refractivity contribution in [1.29, 1.82) is 0 Å². The number of hydrogen-bond acceptors (Lipinski definition) is 2. The molecule has 0 aliphatic carbocycles. The van der Waals surface area contributed by atoms with Crippen LogP contribution < -0.4 is 5.32 Å². The van der Waals surface area contributed by atoms with Gasteiger partial charge in [0, 0.05) is 13.2 Å². The van der Waals surface area contributed by atoms with E-state index in [4.69, 9.17) is 0 Å². The first-order valence-electron chi connectivity index (χ1n) is 4.73. The van der Waals surface area contributed by atoms with Crippen LogP contribution in [0.15, 0.2) is 22.9 Å². The lowest BCUT2D eigenvalue weighted by atomic mass is 10.3. The number of hydrogen-bond donors (Lipinski definition) is 2. The fourth-order valence-corrected chi connectivity index (χ4v) is 2.28. The second-order valence-electron chi connectivity index (χ2n) is 3.34. The van der Waals surface area contributed by atoms with Gasteiger partial charge in [-0.25, -0.2) is 4.98 Å². The Kier molecular flexibility index (Phi) is 2.93. The van der Waals surface area contributed by atoms with E-state index >= 15 is 0 Å². The van der Waals surface area contributed by atoms with Crippen LogP contribution in [0.5, 0.6) is 0 Å². The molecule has 0 radical (unpaired) electrons. The maximum Gasteiger partial charge on any atom is 0.134 e. The lowest BCUT2D eigenvalue weighted by Crippen LogP contribution is -2.10. The summed E-state index contributed by atoms with van der Waals surface area (Å²) < 4.78 is 2.95. The standard InChI is InChI=1S/C10H13BrN4/c1-12-6-8-14-10(11)9(15(8)2)7-4-3-5-13-7/h3-5,12-13H,6H2,1-2H3. The molecule has 0 saturated heterocycles. The molecule has 15 heavy (non-hydrogen) atoms. The smallest absolute Gasteiger partial charge is 0.134 e. The molecule has 0 amide bonds. The summed E-state index contributed by atoms with van der Waals surface area (Å²) in [6.45, 7) is 0.760. The lowest BCUT2D eigenvalue weighted by Gasteiger charge is -2.03. The van der Waals surface area contributed by atoms with E-state index in [-0.39, 0.29) is 0 Å². The van der Waals surface area contributed by atoms with Crippen molar-refractivity contribution >= 4 is 15.9 Å². The van der Waals surface area contributed by atoms with Crippen LogP contribution in [0.2, 0.25) is 0 Å². The number of halogens is 1. The molecule has 4 nitrogen and oxygen atoms in total. The maximum atomic E-state index is 4.45. The molecule has 0 bridgehead atoms. The molecule has 0 aliphatic heterocycles. The van der Waals surface area contributed by atoms with Crippen molar-refractivity contribution < 1.29 is 0 Å². The van der Waals surface area contributed by atoms with Crippen LogP contribution in [0.3, 0.4) is 0 Å². The van der Waals surface area contributed by atoms with E-state index in [2.05, 4.69) is 35.8 Å². The monoisotopic (exact) mass is 268 g/mol. The van der Waals surface area contributed by atoms with Crippen LogP contribution >= 0.6 is 15.9 Å². The third-order valence-electron chi connectivity index (χ3n) is 2.33. The third-order valence-corrected chi connectivity index (χ3v) is 2.89. The Balaban J connectivity index is 2.48. The molecule has 0 saturated carbocycles. The minimum absolute atomic E-state index is 0.760. The van der Waals surface area contributed by atoms with Gasteiger partial charge in [0.15, 0.2) is 0 Å². The van der Waals surface area contributed by atoms with Gasteiger partial charge in [-0.05, 0) is 35.1 Å². The highest BCUT2D eigenvalue weighted by Crippen LogP contribution is 2.26. The van der Waals surface area contributed by atoms with E-state index < -0.39 is 0 Å². The van der Waals surface area contributed by atoms with Crippen molar-refractivity contribution in [3.05, 3.63) is 28.8 Å². The number of imidazole rings is 1. The predicted octanol–water partition coefficient (Wildman–Crippen LogP) is 1.90. The Morgan fingerprint density at radius 2 is 2.40 bits per heavy atom. The fraction of sp³-hybridized carbons (Fsp3) is 0.300. The van der Waals surface area contributed by atoms with Gasteiger partial charge in [-0.3, -0.25) is 0 Å². The summed E-state index contributed by atoms with van der Waals surface area (Å²) in [5, 5.41) is 3.10. The van der Waals surface area contributed by atoms with E-state index in [1.54, 1.807) is 0 Å². The molecule has 0 fully saturated rings. The zero-order valence-corrected chi connectivity index (χ0v) is 10.3. The number of aromatic amines is 1. The van der Waals surface area contributed by atoms with Gasteiger partial charge in [-0.15, -0.1) is 0 Å². The van der Waals surface area contributed by atoms with E-state index in [1.807, 2.05) is 32.4 Å². The SMILES string of the molecule is CNCc1nc(Br)c(-c2ccc[nH]2)n1C. The van der Waals surface area contributed by atoms with Gasteiger partial charge in [0.25, 0.3) is 0 Å². The van der Waals surface area contributed by atoms with E-state index in [0.717, 1.165) is 28.4 Å². The number of rotatable bonds is 3. The van der Waals surface area contributed by atoms with Crippen LogP contribution in [0.4, 0.5) is 0 Å². The highest BCUT2D eigenvalue weighted by atomic mass is 79.9. The van der Waals surface area contributed by atoms with Gasteiger partial charge in [0.2, 0.25) is 0 Å². The highest BCUT2D eigenvalue weighted by molar-refractivity contribution is 9.10. The lowest BCUT2D eigenvalue weighted by molar-refractivity contribution is 0.711. The van der Waals surface area contributed by atoms with E-state index in [0.29, 0.717) is 0 Å². The van der Waals surface area contributed by atoms with Crippen molar-refractivity contribution in [2.45, 2.75) is 6.54 Å². The molecular weight excluding hydrogens is 256 g/mol. The predicted molar refractivity (Wildman–Crippen MR) is 63.5 cm³/mol. The number of nitrogens with one attached hydrogen (secondary N) is 2. The van der Waals surface area contributed by atoms with Gasteiger partial charge in [-0.2, -0.15) is 0 Å². The van der Waals surface area contributed by atoms with Crippen LogP contribution in [0.1, 0.15) is 5.82 Å². The minimum Gasteiger partial charge on any atom is -0.360 e. The van der Waals surface area contributed by atoms with Gasteiger partial charge in [-0.1, -0.05) is 0 Å². The number of nitrogens with zero attached hydrogens (tertiary/aromatic N) is 2. The van der Waals surface area contributed by atoms with Gasteiger partial charge < -0.3 is 14.9 Å². The summed E-state index contributed by atoms with van der Waals surface area (Å²) in [5.41, 5.74) is 2.14. The Hall–Kier alpha value is -1.07. The minimum atomic E-state index is 0.760. The quantitative estimate of drug-likeness (QED) is 0.893. The Bertz CT molecular complexity index is 444. The summed E-state index contributed by atoms with van der Waals surface area (Å²) in [6, 6.07) is 4.01. The zero-order chi connectivity index (χ0) is 10.8. The molecular formula is C10H13BrN4. The Labute approximate surface area is 96.8 Å². The second-order valence-corrected chi connectivity index (χ2v) is 4.09. The maximum absolute atomic E-state index is 4.45. The summed E-state index contributed by atoms with van der Waals surface area (Å²) in [6.07, 6.45) is 1.91. The molecule has 2 rings (SSSR count). The first-order valence-corrected chi connectivity index (χ1v) is 5.52. The van der Waals surface area contributed by atoms with Gasteiger partial charge in [0.05, 0.1) is 17.9 Å². The largest absolute Gasteiger partial charge is 0.360 e. The third kappa shape index (κ3) is 1.85. The number of aromatic nitrogens is 3. The van der Waals surface area contributed by atoms with Crippen molar-refractivity contribution in [3.8, 4) is 11.4 Å². The second kappa shape index (κ2) is 4.20. The van der Waals surface area contributed by atoms with Crippen molar-refractivity contribution in [1.82, 2.24) is 19.9 Å². The fourth-order valence-electron chi connectivity index (χ4n) is 1.59. The van der Waals surface area contributed by atoms with Crippen molar-refractivity contribution in [2.75, 3.05) is 7.05 Å². The molecule has 0 unspecified atom stereocenters. The van der Waals surface area contributed by atoms with Gasteiger partial charge in [0.1, 0.15) is 10.4 Å². The summed E-state index contributed by atoms with van der Waals surface area (Å²) in [5.74, 6) is 1.01. The van der Waals surface area contributed by atoms with Crippen LogP contribution in [0.25, 0.3) is 11.4 Å². The summed E-state index contributed by atoms with van der Waals surface area (Å²) >= 11 is 3.48. The van der Waals surface area contributed by atoms with Crippen molar-refractivity contribution in [2.24, 2.45) is 7.05 Å². The molecule has 2 N–H and O–H groups in total. The van der Waals surface area contributed by atoms with Crippen LogP contribution in [-0.4, -0.2) is 21.6 Å². The number of H-pyrrole nitrogens is 1. The summed E-state index contributed by atoms with van der Waals surface area (Å²) in [7, 11) is 3.93. The first kappa shape index (κ1) is 10.4. The molecule has 2 aromatic heterocycles. The zero-order valence-electron chi connectivity index (χ0n) is 8.71. The molecule has 0 atom stereocenters. The van der Waals surface area contributed by atoms with Crippen molar-refractivity contribution in [3.63, 3.8) is 0 Å². The molecule has 5 heteroatoms. The highest BCUT2D eigenvalue weighted by Gasteiger charge is 2.14.